The summed E-state index contributed by atoms with van der Waals surface area (Å²) in [4.78, 5) is 12.2. The number of nitrogens with zero attached hydrogens (tertiary/aromatic N) is 3. The molecule has 0 aliphatic heterocycles. The molecule has 0 bridgehead atoms. The molecule has 0 saturated carbocycles. The summed E-state index contributed by atoms with van der Waals surface area (Å²) in [6.45, 7) is 2.12. The van der Waals surface area contributed by atoms with Crippen molar-refractivity contribution in [2.45, 2.75) is 18.5 Å². The third-order valence-electron chi connectivity index (χ3n) is 3.33. The molecule has 2 heterocycles. The van der Waals surface area contributed by atoms with Crippen molar-refractivity contribution in [2.75, 3.05) is 5.75 Å². The summed E-state index contributed by atoms with van der Waals surface area (Å²) in [5, 5.41) is 11.3. The molecule has 0 fully saturated rings. The number of thioether (sulfide) groups is 1. The second-order valence-electron chi connectivity index (χ2n) is 4.86. The van der Waals surface area contributed by atoms with Gasteiger partial charge >= 0.3 is 0 Å². The summed E-state index contributed by atoms with van der Waals surface area (Å²) >= 11 is 2.92. The lowest BCUT2D eigenvalue weighted by molar-refractivity contribution is -0.115. The lowest BCUT2D eigenvalue weighted by atomic mass is 10.1. The van der Waals surface area contributed by atoms with Crippen LogP contribution in [-0.2, 0) is 11.2 Å². The van der Waals surface area contributed by atoms with E-state index >= 15 is 0 Å². The summed E-state index contributed by atoms with van der Waals surface area (Å²) in [6, 6.07) is 12.2. The van der Waals surface area contributed by atoms with Gasteiger partial charge in [-0.15, -0.1) is 21.5 Å². The minimum absolute atomic E-state index is 0.177. The van der Waals surface area contributed by atoms with Crippen LogP contribution in [0.5, 0.6) is 0 Å². The molecule has 118 valence electrons. The van der Waals surface area contributed by atoms with Gasteiger partial charge in [-0.3, -0.25) is 9.36 Å². The summed E-state index contributed by atoms with van der Waals surface area (Å²) < 4.78 is 2.01. The van der Waals surface area contributed by atoms with E-state index in [2.05, 4.69) is 23.2 Å². The first-order valence-electron chi connectivity index (χ1n) is 7.19. The molecule has 5 nitrogen and oxygen atoms in total. The van der Waals surface area contributed by atoms with Crippen LogP contribution in [0.25, 0.3) is 16.4 Å². The molecular formula is C16H16N4OS2. The van der Waals surface area contributed by atoms with Gasteiger partial charge in [-0.05, 0) is 29.5 Å². The first-order chi connectivity index (χ1) is 11.2. The van der Waals surface area contributed by atoms with E-state index in [0.29, 0.717) is 5.16 Å². The number of benzene rings is 1. The van der Waals surface area contributed by atoms with Gasteiger partial charge in [0.2, 0.25) is 5.91 Å². The van der Waals surface area contributed by atoms with Crippen LogP contribution in [-0.4, -0.2) is 26.4 Å². The fourth-order valence-corrected chi connectivity index (χ4v) is 3.69. The maximum Gasteiger partial charge on any atom is 0.227 e. The molecule has 3 rings (SSSR count). The molecule has 23 heavy (non-hydrogen) atoms. The second-order valence-corrected chi connectivity index (χ2v) is 6.75. The molecule has 3 aromatic rings. The quantitative estimate of drug-likeness (QED) is 0.697. The number of rotatable bonds is 6. The van der Waals surface area contributed by atoms with Crippen LogP contribution in [0, 0.1) is 0 Å². The Balaban J connectivity index is 2.14. The number of nitrogens with two attached hydrogens (primary N) is 1. The van der Waals surface area contributed by atoms with E-state index in [0.717, 1.165) is 22.8 Å². The van der Waals surface area contributed by atoms with Crippen LogP contribution >= 0.6 is 23.1 Å². The van der Waals surface area contributed by atoms with Crippen molar-refractivity contribution in [2.24, 2.45) is 5.73 Å². The Kier molecular flexibility index (Phi) is 4.78. The minimum Gasteiger partial charge on any atom is -0.369 e. The number of aromatic nitrogens is 3. The van der Waals surface area contributed by atoms with Gasteiger partial charge in [-0.25, -0.2) is 0 Å². The molecule has 2 N–H and O–H groups in total. The topological polar surface area (TPSA) is 73.8 Å². The van der Waals surface area contributed by atoms with E-state index < -0.39 is 0 Å². The van der Waals surface area contributed by atoms with Gasteiger partial charge in [0, 0.05) is 0 Å². The number of aryl methyl sites for hydroxylation is 1. The maximum absolute atomic E-state index is 11.1. The molecule has 2 aromatic heterocycles. The molecular weight excluding hydrogens is 328 g/mol. The fourth-order valence-electron chi connectivity index (χ4n) is 2.31. The standard InChI is InChI=1S/C16H16N4OS2/c1-2-11-6-3-4-7-12(11)20-15(13-8-5-9-22-13)18-19-16(20)23-10-14(17)21/h3-9H,2,10H2,1H3,(H2,17,21). The van der Waals surface area contributed by atoms with Crippen molar-refractivity contribution in [3.63, 3.8) is 0 Å². The lowest BCUT2D eigenvalue weighted by Crippen LogP contribution is -2.14. The Morgan fingerprint density at radius 2 is 2.09 bits per heavy atom. The number of hydrogen-bond donors (Lipinski definition) is 1. The van der Waals surface area contributed by atoms with Crippen molar-refractivity contribution in [3.05, 3.63) is 47.3 Å². The highest BCUT2D eigenvalue weighted by Gasteiger charge is 2.18. The van der Waals surface area contributed by atoms with Crippen LogP contribution < -0.4 is 5.73 Å². The van der Waals surface area contributed by atoms with Gasteiger partial charge in [0.05, 0.1) is 16.3 Å². The predicted molar refractivity (Wildman–Crippen MR) is 94.0 cm³/mol. The van der Waals surface area contributed by atoms with Crippen LogP contribution in [0.1, 0.15) is 12.5 Å². The van der Waals surface area contributed by atoms with Crippen LogP contribution in [0.15, 0.2) is 46.9 Å². The second kappa shape index (κ2) is 6.97. The summed E-state index contributed by atoms with van der Waals surface area (Å²) in [5.41, 5.74) is 7.51. The molecule has 0 saturated heterocycles. The number of para-hydroxylation sites is 1. The Hall–Kier alpha value is -2.12. The first-order valence-corrected chi connectivity index (χ1v) is 9.06. The summed E-state index contributed by atoms with van der Waals surface area (Å²) in [6.07, 6.45) is 0.901. The SMILES string of the molecule is CCc1ccccc1-n1c(SCC(N)=O)nnc1-c1cccs1. The van der Waals surface area contributed by atoms with E-state index in [9.17, 15) is 4.79 Å². The van der Waals surface area contributed by atoms with Crippen LogP contribution in [0.3, 0.4) is 0 Å². The first kappa shape index (κ1) is 15.8. The Morgan fingerprint density at radius 1 is 1.26 bits per heavy atom. The van der Waals surface area contributed by atoms with E-state index in [1.54, 1.807) is 11.3 Å². The smallest absolute Gasteiger partial charge is 0.227 e. The van der Waals surface area contributed by atoms with Crippen LogP contribution in [0.2, 0.25) is 0 Å². The van der Waals surface area contributed by atoms with Gasteiger partial charge in [0.1, 0.15) is 0 Å². The van der Waals surface area contributed by atoms with Gasteiger partial charge in [0.25, 0.3) is 0 Å². The molecule has 0 spiro atoms. The molecule has 0 aliphatic carbocycles. The number of hydrogen-bond acceptors (Lipinski definition) is 5. The monoisotopic (exact) mass is 344 g/mol. The highest BCUT2D eigenvalue weighted by atomic mass is 32.2. The maximum atomic E-state index is 11.1. The van der Waals surface area contributed by atoms with E-state index in [4.69, 9.17) is 5.73 Å². The highest BCUT2D eigenvalue weighted by Crippen LogP contribution is 2.31. The molecule has 0 aliphatic rings. The molecule has 7 heteroatoms. The van der Waals surface area contributed by atoms with Gasteiger partial charge < -0.3 is 5.73 Å². The average Bonchev–Trinajstić information content (AvgIpc) is 3.21. The van der Waals surface area contributed by atoms with Gasteiger partial charge in [-0.1, -0.05) is 43.0 Å². The Morgan fingerprint density at radius 3 is 2.78 bits per heavy atom. The minimum atomic E-state index is -0.369. The lowest BCUT2D eigenvalue weighted by Gasteiger charge is -2.13. The predicted octanol–water partition coefficient (Wildman–Crippen LogP) is 3.14. The van der Waals surface area contributed by atoms with Crippen molar-refractivity contribution in [1.29, 1.82) is 0 Å². The van der Waals surface area contributed by atoms with Crippen molar-refractivity contribution >= 4 is 29.0 Å². The Bertz CT molecular complexity index is 811. The molecule has 0 unspecified atom stereocenters. The zero-order chi connectivity index (χ0) is 16.2. The number of amides is 1. The summed E-state index contributed by atoms with van der Waals surface area (Å²) in [5.74, 6) is 0.593. The number of carbonyl (C=O) groups excluding carboxylic acids is 1. The largest absolute Gasteiger partial charge is 0.369 e. The molecule has 0 radical (unpaired) electrons. The summed E-state index contributed by atoms with van der Waals surface area (Å²) in [7, 11) is 0. The molecule has 0 atom stereocenters. The van der Waals surface area contributed by atoms with E-state index in [-0.39, 0.29) is 11.7 Å². The normalized spacial score (nSPS) is 10.8. The van der Waals surface area contributed by atoms with Gasteiger partial charge in [-0.2, -0.15) is 0 Å². The van der Waals surface area contributed by atoms with Gasteiger partial charge in [0.15, 0.2) is 11.0 Å². The van der Waals surface area contributed by atoms with Crippen molar-refractivity contribution < 1.29 is 4.79 Å². The number of thiophene rings is 1. The van der Waals surface area contributed by atoms with Crippen molar-refractivity contribution in [1.82, 2.24) is 14.8 Å². The molecule has 1 amide bonds. The van der Waals surface area contributed by atoms with Crippen LogP contribution in [0.4, 0.5) is 0 Å². The average molecular weight is 344 g/mol. The zero-order valence-corrected chi connectivity index (χ0v) is 14.2. The fraction of sp³-hybridized carbons (Fsp3) is 0.188. The third kappa shape index (κ3) is 3.30. The third-order valence-corrected chi connectivity index (χ3v) is 5.15. The highest BCUT2D eigenvalue weighted by molar-refractivity contribution is 7.99. The molecule has 1 aromatic carbocycles. The van der Waals surface area contributed by atoms with E-state index in [1.165, 1.54) is 17.3 Å². The van der Waals surface area contributed by atoms with E-state index in [1.807, 2.05) is 40.3 Å². The number of primary amides is 1. The number of carbonyl (C=O) groups is 1. The van der Waals surface area contributed by atoms with Crippen molar-refractivity contribution in [3.8, 4) is 16.4 Å². The Labute approximate surface area is 142 Å². The zero-order valence-electron chi connectivity index (χ0n) is 12.6.